The monoisotopic (exact) mass is 238 g/mol. The van der Waals surface area contributed by atoms with Crippen LogP contribution in [0.15, 0.2) is 47.7 Å². The van der Waals surface area contributed by atoms with Crippen molar-refractivity contribution in [2.24, 2.45) is 0 Å². The summed E-state index contributed by atoms with van der Waals surface area (Å²) in [6.07, 6.45) is 3.11. The maximum Gasteiger partial charge on any atom is 0.247 e. The van der Waals surface area contributed by atoms with Crippen molar-refractivity contribution < 1.29 is 0 Å². The lowest BCUT2D eigenvalue weighted by Crippen LogP contribution is -2.01. The number of nitrogens with two attached hydrogens (primary N) is 1. The van der Waals surface area contributed by atoms with Crippen molar-refractivity contribution in [2.45, 2.75) is 0 Å². The third-order valence-electron chi connectivity index (χ3n) is 2.78. The number of aromatic amines is 1. The fraction of sp³-hybridized carbons (Fsp3) is 0. The van der Waals surface area contributed by atoms with E-state index in [4.69, 9.17) is 5.73 Å². The first kappa shape index (κ1) is 10.5. The van der Waals surface area contributed by atoms with E-state index in [1.165, 1.54) is 12.4 Å². The van der Waals surface area contributed by atoms with Crippen LogP contribution in [0.2, 0.25) is 0 Å². The van der Waals surface area contributed by atoms with Crippen molar-refractivity contribution in [1.29, 1.82) is 0 Å². The Morgan fingerprint density at radius 1 is 1.06 bits per heavy atom. The number of pyridine rings is 1. The van der Waals surface area contributed by atoms with Gasteiger partial charge in [0.15, 0.2) is 0 Å². The zero-order chi connectivity index (χ0) is 12.5. The molecular weight excluding hydrogens is 228 g/mol. The molecule has 3 aromatic rings. The first-order chi connectivity index (χ1) is 8.74. The van der Waals surface area contributed by atoms with Crippen LogP contribution in [0.4, 0.5) is 5.82 Å². The molecule has 0 amide bonds. The number of rotatable bonds is 1. The highest BCUT2D eigenvalue weighted by Crippen LogP contribution is 2.24. The van der Waals surface area contributed by atoms with Crippen LogP contribution in [0, 0.1) is 0 Å². The van der Waals surface area contributed by atoms with Gasteiger partial charge in [0.2, 0.25) is 5.56 Å². The van der Waals surface area contributed by atoms with E-state index in [0.717, 1.165) is 22.0 Å². The van der Waals surface area contributed by atoms with Gasteiger partial charge in [0.25, 0.3) is 0 Å². The molecule has 1 aromatic carbocycles. The van der Waals surface area contributed by atoms with Crippen molar-refractivity contribution in [2.75, 3.05) is 5.73 Å². The lowest BCUT2D eigenvalue weighted by molar-refractivity contribution is 1.23. The molecule has 0 aliphatic heterocycles. The summed E-state index contributed by atoms with van der Waals surface area (Å²) in [5.41, 5.74) is 8.37. The SMILES string of the molecule is Nc1ncnc2ccc(-c3ccc(=O)[nH]c3)cc12. The summed E-state index contributed by atoms with van der Waals surface area (Å²) in [7, 11) is 0. The molecule has 18 heavy (non-hydrogen) atoms. The number of aromatic nitrogens is 3. The minimum Gasteiger partial charge on any atom is -0.383 e. The molecule has 0 spiro atoms. The van der Waals surface area contributed by atoms with Crippen molar-refractivity contribution in [3.63, 3.8) is 0 Å². The summed E-state index contributed by atoms with van der Waals surface area (Å²) in [6.45, 7) is 0. The number of anilines is 1. The number of benzene rings is 1. The first-order valence-corrected chi connectivity index (χ1v) is 5.43. The number of hydrogen-bond donors (Lipinski definition) is 2. The van der Waals surface area contributed by atoms with Gasteiger partial charge in [0, 0.05) is 17.6 Å². The van der Waals surface area contributed by atoms with E-state index in [0.29, 0.717) is 5.82 Å². The van der Waals surface area contributed by atoms with E-state index in [-0.39, 0.29) is 5.56 Å². The van der Waals surface area contributed by atoms with Gasteiger partial charge in [-0.15, -0.1) is 0 Å². The fourth-order valence-corrected chi connectivity index (χ4v) is 1.85. The molecule has 0 fully saturated rings. The molecule has 0 unspecified atom stereocenters. The molecule has 3 rings (SSSR count). The van der Waals surface area contributed by atoms with Gasteiger partial charge in [-0.1, -0.05) is 6.07 Å². The minimum absolute atomic E-state index is 0.123. The second-order valence-corrected chi connectivity index (χ2v) is 3.93. The van der Waals surface area contributed by atoms with Crippen LogP contribution in [-0.4, -0.2) is 15.0 Å². The van der Waals surface area contributed by atoms with Crippen LogP contribution < -0.4 is 11.3 Å². The number of nitrogen functional groups attached to an aromatic ring is 1. The Hall–Kier alpha value is -2.69. The Kier molecular flexibility index (Phi) is 2.30. The van der Waals surface area contributed by atoms with Crippen molar-refractivity contribution in [3.05, 3.63) is 53.2 Å². The van der Waals surface area contributed by atoms with E-state index in [9.17, 15) is 4.79 Å². The maximum absolute atomic E-state index is 11.0. The largest absolute Gasteiger partial charge is 0.383 e. The molecule has 0 aliphatic rings. The minimum atomic E-state index is -0.123. The normalized spacial score (nSPS) is 10.7. The molecule has 0 radical (unpaired) electrons. The van der Waals surface area contributed by atoms with Crippen LogP contribution in [0.25, 0.3) is 22.0 Å². The smallest absolute Gasteiger partial charge is 0.247 e. The summed E-state index contributed by atoms with van der Waals surface area (Å²) in [5.74, 6) is 0.450. The molecular formula is C13H10N4O. The number of H-pyrrole nitrogens is 1. The Bertz CT molecular complexity index is 759. The lowest BCUT2D eigenvalue weighted by Gasteiger charge is -2.04. The molecule has 2 aromatic heterocycles. The maximum atomic E-state index is 11.0. The highest BCUT2D eigenvalue weighted by atomic mass is 16.1. The average Bonchev–Trinajstić information content (AvgIpc) is 2.40. The highest BCUT2D eigenvalue weighted by Gasteiger charge is 2.03. The van der Waals surface area contributed by atoms with Gasteiger partial charge in [-0.05, 0) is 29.3 Å². The van der Waals surface area contributed by atoms with Crippen LogP contribution in [0.5, 0.6) is 0 Å². The van der Waals surface area contributed by atoms with Crippen molar-refractivity contribution in [1.82, 2.24) is 15.0 Å². The molecule has 2 heterocycles. The Balaban J connectivity index is 2.21. The van der Waals surface area contributed by atoms with Gasteiger partial charge >= 0.3 is 0 Å². The number of fused-ring (bicyclic) bond motifs is 1. The molecule has 88 valence electrons. The molecule has 0 aliphatic carbocycles. The number of hydrogen-bond acceptors (Lipinski definition) is 4. The van der Waals surface area contributed by atoms with Gasteiger partial charge < -0.3 is 10.7 Å². The third-order valence-corrected chi connectivity index (χ3v) is 2.78. The van der Waals surface area contributed by atoms with Gasteiger partial charge in [0.1, 0.15) is 12.1 Å². The molecule has 0 saturated heterocycles. The fourth-order valence-electron chi connectivity index (χ4n) is 1.85. The van der Waals surface area contributed by atoms with E-state index in [2.05, 4.69) is 15.0 Å². The lowest BCUT2D eigenvalue weighted by atomic mass is 10.1. The predicted molar refractivity (Wildman–Crippen MR) is 70.0 cm³/mol. The quantitative estimate of drug-likeness (QED) is 0.673. The summed E-state index contributed by atoms with van der Waals surface area (Å²) in [5, 5.41) is 0.807. The van der Waals surface area contributed by atoms with Crippen molar-refractivity contribution in [3.8, 4) is 11.1 Å². The van der Waals surface area contributed by atoms with Crippen LogP contribution >= 0.6 is 0 Å². The molecule has 3 N–H and O–H groups in total. The first-order valence-electron chi connectivity index (χ1n) is 5.43. The van der Waals surface area contributed by atoms with Gasteiger partial charge in [-0.25, -0.2) is 9.97 Å². The van der Waals surface area contributed by atoms with Crippen LogP contribution in [-0.2, 0) is 0 Å². The molecule has 5 nitrogen and oxygen atoms in total. The molecule has 5 heteroatoms. The topological polar surface area (TPSA) is 84.7 Å². The van der Waals surface area contributed by atoms with Crippen LogP contribution in [0.3, 0.4) is 0 Å². The average molecular weight is 238 g/mol. The second-order valence-electron chi connectivity index (χ2n) is 3.93. The van der Waals surface area contributed by atoms with E-state index in [1.54, 1.807) is 12.3 Å². The summed E-state index contributed by atoms with van der Waals surface area (Å²) in [4.78, 5) is 21.8. The second kappa shape index (κ2) is 3.96. The highest BCUT2D eigenvalue weighted by molar-refractivity contribution is 5.91. The van der Waals surface area contributed by atoms with E-state index in [1.807, 2.05) is 18.2 Å². The number of nitrogens with zero attached hydrogens (tertiary/aromatic N) is 2. The molecule has 0 atom stereocenters. The Morgan fingerprint density at radius 2 is 1.89 bits per heavy atom. The van der Waals surface area contributed by atoms with Crippen LogP contribution in [0.1, 0.15) is 0 Å². The molecule has 0 bridgehead atoms. The van der Waals surface area contributed by atoms with Crippen molar-refractivity contribution >= 4 is 16.7 Å². The van der Waals surface area contributed by atoms with E-state index < -0.39 is 0 Å². The zero-order valence-electron chi connectivity index (χ0n) is 9.42. The van der Waals surface area contributed by atoms with Gasteiger partial charge in [0.05, 0.1) is 5.52 Å². The Labute approximate surface area is 102 Å². The number of nitrogens with one attached hydrogen (secondary N) is 1. The molecule has 0 saturated carbocycles. The Morgan fingerprint density at radius 3 is 2.67 bits per heavy atom. The standard InChI is InChI=1S/C13H10N4O/c14-13-10-5-8(1-3-11(10)16-7-17-13)9-2-4-12(18)15-6-9/h1-7H,(H,15,18)(H2,14,16,17). The predicted octanol–water partition coefficient (Wildman–Crippen LogP) is 1.57. The zero-order valence-corrected chi connectivity index (χ0v) is 9.42. The van der Waals surface area contributed by atoms with Gasteiger partial charge in [-0.2, -0.15) is 0 Å². The summed E-state index contributed by atoms with van der Waals surface area (Å²) in [6, 6.07) is 8.99. The summed E-state index contributed by atoms with van der Waals surface area (Å²) < 4.78 is 0. The van der Waals surface area contributed by atoms with E-state index >= 15 is 0 Å². The third kappa shape index (κ3) is 1.71. The van der Waals surface area contributed by atoms with Gasteiger partial charge in [-0.3, -0.25) is 4.79 Å². The summed E-state index contributed by atoms with van der Waals surface area (Å²) >= 11 is 0.